The van der Waals surface area contributed by atoms with Crippen molar-refractivity contribution < 1.29 is 14.4 Å². The number of amides is 3. The number of rotatable bonds is 3. The summed E-state index contributed by atoms with van der Waals surface area (Å²) in [4.78, 5) is 43.3. The van der Waals surface area contributed by atoms with Crippen LogP contribution in [0, 0.1) is 0 Å². The van der Waals surface area contributed by atoms with E-state index in [0.717, 1.165) is 12.0 Å². The van der Waals surface area contributed by atoms with Gasteiger partial charge in [-0.15, -0.1) is 0 Å². The summed E-state index contributed by atoms with van der Waals surface area (Å²) in [5.41, 5.74) is 2.96. The Hall–Kier alpha value is -3.15. The number of hydrogen-bond donors (Lipinski definition) is 0. The van der Waals surface area contributed by atoms with E-state index in [0.29, 0.717) is 38.3 Å². The van der Waals surface area contributed by atoms with Crippen LogP contribution in [0.25, 0.3) is 0 Å². The Morgan fingerprint density at radius 2 is 1.47 bits per heavy atom. The van der Waals surface area contributed by atoms with E-state index < -0.39 is 0 Å². The summed E-state index contributed by atoms with van der Waals surface area (Å²) in [7, 11) is 0. The molecule has 2 aliphatic heterocycles. The van der Waals surface area contributed by atoms with Crippen molar-refractivity contribution >= 4 is 17.7 Å². The first-order valence-corrected chi connectivity index (χ1v) is 10.5. The average Bonchev–Trinajstić information content (AvgIpc) is 2.79. The van der Waals surface area contributed by atoms with E-state index in [1.165, 1.54) is 5.56 Å². The van der Waals surface area contributed by atoms with Crippen LogP contribution in [0.2, 0.25) is 0 Å². The molecule has 2 aromatic carbocycles. The number of hydrogen-bond acceptors (Lipinski definition) is 3. The molecule has 3 amide bonds. The predicted molar refractivity (Wildman–Crippen MR) is 114 cm³/mol. The molecule has 2 aromatic rings. The molecule has 2 heterocycles. The second-order valence-electron chi connectivity index (χ2n) is 7.92. The normalized spacial score (nSPS) is 18.7. The zero-order valence-electron chi connectivity index (χ0n) is 17.3. The van der Waals surface area contributed by atoms with Gasteiger partial charge in [-0.05, 0) is 29.7 Å². The van der Waals surface area contributed by atoms with Crippen LogP contribution in [-0.4, -0.2) is 65.1 Å². The van der Waals surface area contributed by atoms with Gasteiger partial charge in [0.25, 0.3) is 5.91 Å². The second kappa shape index (κ2) is 8.69. The van der Waals surface area contributed by atoms with E-state index in [4.69, 9.17) is 0 Å². The SMILES string of the molecule is CC(=O)N1CCc2ccccc2C1CC(=O)N1CCN(C(=O)c2ccccc2)CC1. The minimum Gasteiger partial charge on any atom is -0.339 e. The molecule has 0 aliphatic carbocycles. The molecule has 0 saturated carbocycles. The van der Waals surface area contributed by atoms with Gasteiger partial charge in [0.15, 0.2) is 0 Å². The molecular formula is C24H27N3O3. The van der Waals surface area contributed by atoms with Crippen LogP contribution in [0.3, 0.4) is 0 Å². The van der Waals surface area contributed by atoms with Crippen molar-refractivity contribution in [1.29, 1.82) is 0 Å². The van der Waals surface area contributed by atoms with Gasteiger partial charge in [-0.25, -0.2) is 0 Å². The van der Waals surface area contributed by atoms with E-state index in [9.17, 15) is 14.4 Å². The predicted octanol–water partition coefficient (Wildman–Crippen LogP) is 2.51. The topological polar surface area (TPSA) is 60.9 Å². The summed E-state index contributed by atoms with van der Waals surface area (Å²) in [5.74, 6) is 0.0435. The monoisotopic (exact) mass is 405 g/mol. The molecule has 6 nitrogen and oxygen atoms in total. The molecule has 6 heteroatoms. The number of nitrogens with zero attached hydrogens (tertiary/aromatic N) is 3. The van der Waals surface area contributed by atoms with Crippen molar-refractivity contribution in [2.45, 2.75) is 25.8 Å². The Balaban J connectivity index is 1.41. The Bertz CT molecular complexity index is 936. The van der Waals surface area contributed by atoms with Gasteiger partial charge in [0.05, 0.1) is 12.5 Å². The van der Waals surface area contributed by atoms with Crippen molar-refractivity contribution in [3.8, 4) is 0 Å². The largest absolute Gasteiger partial charge is 0.339 e. The highest BCUT2D eigenvalue weighted by molar-refractivity contribution is 5.94. The Labute approximate surface area is 177 Å². The Morgan fingerprint density at radius 1 is 0.833 bits per heavy atom. The first kappa shape index (κ1) is 20.1. The Morgan fingerprint density at radius 3 is 2.17 bits per heavy atom. The summed E-state index contributed by atoms with van der Waals surface area (Å²) in [6.07, 6.45) is 1.10. The maximum absolute atomic E-state index is 13.1. The number of fused-ring (bicyclic) bond motifs is 1. The molecule has 1 unspecified atom stereocenters. The van der Waals surface area contributed by atoms with E-state index in [1.54, 1.807) is 11.8 Å². The Kier molecular flexibility index (Phi) is 5.84. The van der Waals surface area contributed by atoms with Crippen LogP contribution >= 0.6 is 0 Å². The highest BCUT2D eigenvalue weighted by Crippen LogP contribution is 2.32. The zero-order chi connectivity index (χ0) is 21.1. The first-order chi connectivity index (χ1) is 14.5. The van der Waals surface area contributed by atoms with Gasteiger partial charge in [0, 0.05) is 45.2 Å². The van der Waals surface area contributed by atoms with Crippen LogP contribution in [0.15, 0.2) is 54.6 Å². The molecule has 0 N–H and O–H groups in total. The minimum atomic E-state index is -0.219. The number of benzene rings is 2. The molecule has 30 heavy (non-hydrogen) atoms. The third kappa shape index (κ3) is 4.08. The summed E-state index contributed by atoms with van der Waals surface area (Å²) < 4.78 is 0. The quantitative estimate of drug-likeness (QED) is 0.788. The van der Waals surface area contributed by atoms with Crippen molar-refractivity contribution in [1.82, 2.24) is 14.7 Å². The highest BCUT2D eigenvalue weighted by atomic mass is 16.2. The molecule has 2 aliphatic rings. The number of carbonyl (C=O) groups excluding carboxylic acids is 3. The fraction of sp³-hybridized carbons (Fsp3) is 0.375. The van der Waals surface area contributed by atoms with E-state index >= 15 is 0 Å². The van der Waals surface area contributed by atoms with Gasteiger partial charge in [-0.3, -0.25) is 14.4 Å². The van der Waals surface area contributed by atoms with E-state index in [1.807, 2.05) is 58.3 Å². The van der Waals surface area contributed by atoms with Crippen molar-refractivity contribution in [3.63, 3.8) is 0 Å². The van der Waals surface area contributed by atoms with E-state index in [2.05, 4.69) is 6.07 Å². The van der Waals surface area contributed by atoms with Gasteiger partial charge in [0.1, 0.15) is 0 Å². The number of carbonyl (C=O) groups is 3. The van der Waals surface area contributed by atoms with Gasteiger partial charge in [0.2, 0.25) is 11.8 Å². The molecule has 156 valence electrons. The van der Waals surface area contributed by atoms with Crippen LogP contribution in [0.1, 0.15) is 40.9 Å². The number of piperazine rings is 1. The van der Waals surface area contributed by atoms with Crippen molar-refractivity contribution in [3.05, 3.63) is 71.3 Å². The fourth-order valence-electron chi connectivity index (χ4n) is 4.47. The van der Waals surface area contributed by atoms with Gasteiger partial charge < -0.3 is 14.7 Å². The molecule has 1 saturated heterocycles. The van der Waals surface area contributed by atoms with Crippen molar-refractivity contribution in [2.24, 2.45) is 0 Å². The lowest BCUT2D eigenvalue weighted by Gasteiger charge is -2.39. The molecule has 0 spiro atoms. The fourth-order valence-corrected chi connectivity index (χ4v) is 4.47. The maximum atomic E-state index is 13.1. The molecule has 0 bridgehead atoms. The van der Waals surface area contributed by atoms with Crippen LogP contribution < -0.4 is 0 Å². The molecule has 0 aromatic heterocycles. The molecule has 1 fully saturated rings. The first-order valence-electron chi connectivity index (χ1n) is 10.5. The lowest BCUT2D eigenvalue weighted by Crippen LogP contribution is -2.51. The maximum Gasteiger partial charge on any atom is 0.253 e. The lowest BCUT2D eigenvalue weighted by molar-refractivity contribution is -0.137. The molecule has 4 rings (SSSR count). The summed E-state index contributed by atoms with van der Waals surface area (Å²) >= 11 is 0. The molecular weight excluding hydrogens is 378 g/mol. The summed E-state index contributed by atoms with van der Waals surface area (Å²) in [5, 5.41) is 0. The third-order valence-electron chi connectivity index (χ3n) is 6.13. The summed E-state index contributed by atoms with van der Waals surface area (Å²) in [6, 6.07) is 17.1. The smallest absolute Gasteiger partial charge is 0.253 e. The second-order valence-corrected chi connectivity index (χ2v) is 7.92. The average molecular weight is 405 g/mol. The molecule has 0 radical (unpaired) electrons. The third-order valence-corrected chi connectivity index (χ3v) is 6.13. The lowest BCUT2D eigenvalue weighted by atomic mass is 9.90. The van der Waals surface area contributed by atoms with Gasteiger partial charge >= 0.3 is 0 Å². The van der Waals surface area contributed by atoms with Crippen LogP contribution in [0.5, 0.6) is 0 Å². The van der Waals surface area contributed by atoms with Gasteiger partial charge in [-0.2, -0.15) is 0 Å². The van der Waals surface area contributed by atoms with Crippen LogP contribution in [0.4, 0.5) is 0 Å². The van der Waals surface area contributed by atoms with Gasteiger partial charge in [-0.1, -0.05) is 42.5 Å². The summed E-state index contributed by atoms with van der Waals surface area (Å²) in [6.45, 7) is 4.30. The standard InChI is InChI=1S/C24H27N3O3/c1-18(28)27-12-11-19-7-5-6-10-21(19)22(27)17-23(29)25-13-15-26(16-14-25)24(30)20-8-3-2-4-9-20/h2-10,22H,11-17H2,1H3. The van der Waals surface area contributed by atoms with Crippen molar-refractivity contribution in [2.75, 3.05) is 32.7 Å². The zero-order valence-corrected chi connectivity index (χ0v) is 17.3. The van der Waals surface area contributed by atoms with Crippen LogP contribution in [-0.2, 0) is 16.0 Å². The minimum absolute atomic E-state index is 0.000537. The molecule has 1 atom stereocenters. The highest BCUT2D eigenvalue weighted by Gasteiger charge is 2.33. The van der Waals surface area contributed by atoms with E-state index in [-0.39, 0.29) is 30.2 Å².